The van der Waals surface area contributed by atoms with Crippen LogP contribution >= 0.6 is 0 Å². The Balaban J connectivity index is 2.04. The third kappa shape index (κ3) is 3.39. The smallest absolute Gasteiger partial charge is 0.120 e. The van der Waals surface area contributed by atoms with E-state index in [9.17, 15) is 5.11 Å². The number of hydrogen-bond acceptors (Lipinski definition) is 4. The number of phenols is 1. The van der Waals surface area contributed by atoms with Gasteiger partial charge in [0.2, 0.25) is 0 Å². The van der Waals surface area contributed by atoms with Gasteiger partial charge in [0.15, 0.2) is 0 Å². The van der Waals surface area contributed by atoms with Crippen LogP contribution in [0.3, 0.4) is 0 Å². The van der Waals surface area contributed by atoms with Crippen molar-refractivity contribution in [2.24, 2.45) is 0 Å². The molecule has 0 bridgehead atoms. The van der Waals surface area contributed by atoms with Crippen molar-refractivity contribution in [1.82, 2.24) is 5.32 Å². The van der Waals surface area contributed by atoms with Crippen LogP contribution in [0.1, 0.15) is 38.3 Å². The van der Waals surface area contributed by atoms with Gasteiger partial charge >= 0.3 is 0 Å². The van der Waals surface area contributed by atoms with Gasteiger partial charge in [-0.05, 0) is 44.9 Å². The van der Waals surface area contributed by atoms with E-state index in [2.05, 4.69) is 12.2 Å². The van der Waals surface area contributed by atoms with E-state index < -0.39 is 0 Å². The van der Waals surface area contributed by atoms with Gasteiger partial charge in [-0.1, -0.05) is 0 Å². The first kappa shape index (κ1) is 14.2. The molecule has 1 heterocycles. The van der Waals surface area contributed by atoms with Gasteiger partial charge in [0, 0.05) is 24.3 Å². The average molecular weight is 265 g/mol. The highest BCUT2D eigenvalue weighted by atomic mass is 16.5. The molecule has 3 unspecified atom stereocenters. The Morgan fingerprint density at radius 1 is 1.42 bits per heavy atom. The molecule has 0 aliphatic carbocycles. The fourth-order valence-electron chi connectivity index (χ4n) is 2.59. The molecule has 1 aromatic rings. The molecule has 1 aromatic carbocycles. The molecule has 0 amide bonds. The molecule has 0 saturated carbocycles. The first-order chi connectivity index (χ1) is 9.11. The number of benzene rings is 1. The second-order valence-corrected chi connectivity index (χ2v) is 5.15. The molecule has 2 rings (SSSR count). The maximum Gasteiger partial charge on any atom is 0.120 e. The number of rotatable bonds is 5. The molecule has 1 fully saturated rings. The van der Waals surface area contributed by atoms with Gasteiger partial charge in [-0.2, -0.15) is 0 Å². The van der Waals surface area contributed by atoms with Crippen molar-refractivity contribution in [1.29, 1.82) is 0 Å². The van der Waals surface area contributed by atoms with Gasteiger partial charge < -0.3 is 19.9 Å². The lowest BCUT2D eigenvalue weighted by Gasteiger charge is -2.25. The molecule has 1 saturated heterocycles. The maximum absolute atomic E-state index is 9.95. The standard InChI is InChI=1S/C15H23NO3/c1-10(16-11(2)15-5-4-8-19-15)13-9-12(18-3)6-7-14(13)17/h6-7,9-11,15-17H,4-5,8H2,1-3H3. The van der Waals surface area contributed by atoms with Gasteiger partial charge in [-0.15, -0.1) is 0 Å². The van der Waals surface area contributed by atoms with Gasteiger partial charge in [-0.3, -0.25) is 0 Å². The minimum Gasteiger partial charge on any atom is -0.508 e. The van der Waals surface area contributed by atoms with Gasteiger partial charge in [0.1, 0.15) is 11.5 Å². The Bertz CT molecular complexity index is 416. The summed E-state index contributed by atoms with van der Waals surface area (Å²) in [6, 6.07) is 5.62. The predicted molar refractivity (Wildman–Crippen MR) is 74.6 cm³/mol. The van der Waals surface area contributed by atoms with Crippen molar-refractivity contribution in [3.8, 4) is 11.5 Å². The summed E-state index contributed by atoms with van der Waals surface area (Å²) in [5.41, 5.74) is 0.851. The van der Waals surface area contributed by atoms with Gasteiger partial charge in [0.25, 0.3) is 0 Å². The van der Waals surface area contributed by atoms with Crippen LogP contribution in [0.25, 0.3) is 0 Å². The van der Waals surface area contributed by atoms with Crippen LogP contribution in [-0.4, -0.2) is 31.0 Å². The van der Waals surface area contributed by atoms with Crippen LogP contribution < -0.4 is 10.1 Å². The van der Waals surface area contributed by atoms with Crippen LogP contribution in [0, 0.1) is 0 Å². The van der Waals surface area contributed by atoms with Crippen LogP contribution in [0.4, 0.5) is 0 Å². The average Bonchev–Trinajstić information content (AvgIpc) is 2.93. The summed E-state index contributed by atoms with van der Waals surface area (Å²) >= 11 is 0. The van der Waals surface area contributed by atoms with Crippen molar-refractivity contribution >= 4 is 0 Å². The molecule has 3 atom stereocenters. The molecule has 4 heteroatoms. The molecular formula is C15H23NO3. The third-order valence-electron chi connectivity index (χ3n) is 3.74. The highest BCUT2D eigenvalue weighted by molar-refractivity contribution is 5.41. The van der Waals surface area contributed by atoms with Crippen molar-refractivity contribution in [3.63, 3.8) is 0 Å². The number of phenolic OH excluding ortho intramolecular Hbond substituents is 1. The molecular weight excluding hydrogens is 242 g/mol. The number of nitrogens with one attached hydrogen (secondary N) is 1. The zero-order chi connectivity index (χ0) is 13.8. The maximum atomic E-state index is 9.95. The fraction of sp³-hybridized carbons (Fsp3) is 0.600. The quantitative estimate of drug-likeness (QED) is 0.859. The normalized spacial score (nSPS) is 22.2. The predicted octanol–water partition coefficient (Wildman–Crippen LogP) is 2.62. The Morgan fingerprint density at radius 3 is 2.84 bits per heavy atom. The van der Waals surface area contributed by atoms with E-state index >= 15 is 0 Å². The second kappa shape index (κ2) is 6.26. The van der Waals surface area contributed by atoms with Crippen molar-refractivity contribution in [2.45, 2.75) is 44.9 Å². The number of aromatic hydroxyl groups is 1. The van der Waals surface area contributed by atoms with E-state index in [1.165, 1.54) is 0 Å². The van der Waals surface area contributed by atoms with E-state index in [1.54, 1.807) is 19.2 Å². The lowest BCUT2D eigenvalue weighted by Crippen LogP contribution is -2.38. The summed E-state index contributed by atoms with van der Waals surface area (Å²) in [4.78, 5) is 0. The SMILES string of the molecule is COc1ccc(O)c(C(C)NC(C)C2CCCO2)c1. The van der Waals surface area contributed by atoms with Gasteiger partial charge in [0.05, 0.1) is 13.2 Å². The second-order valence-electron chi connectivity index (χ2n) is 5.15. The number of ether oxygens (including phenoxy) is 2. The molecule has 1 aliphatic rings. The Morgan fingerprint density at radius 2 is 2.21 bits per heavy atom. The first-order valence-electron chi connectivity index (χ1n) is 6.86. The molecule has 2 N–H and O–H groups in total. The Labute approximate surface area is 114 Å². The Kier molecular flexibility index (Phi) is 4.66. The summed E-state index contributed by atoms with van der Waals surface area (Å²) < 4.78 is 10.9. The Hall–Kier alpha value is -1.26. The molecule has 0 aromatic heterocycles. The molecule has 106 valence electrons. The molecule has 4 nitrogen and oxygen atoms in total. The van der Waals surface area contributed by atoms with Crippen molar-refractivity contribution in [3.05, 3.63) is 23.8 Å². The minimum absolute atomic E-state index is 0.0503. The lowest BCUT2D eigenvalue weighted by molar-refractivity contribution is 0.0803. The monoisotopic (exact) mass is 265 g/mol. The van der Waals surface area contributed by atoms with E-state index in [1.807, 2.05) is 13.0 Å². The highest BCUT2D eigenvalue weighted by Gasteiger charge is 2.24. The summed E-state index contributed by atoms with van der Waals surface area (Å²) in [5.74, 6) is 1.05. The molecule has 1 aliphatic heterocycles. The van der Waals surface area contributed by atoms with Crippen LogP contribution in [-0.2, 0) is 4.74 Å². The molecule has 0 spiro atoms. The fourth-order valence-corrected chi connectivity index (χ4v) is 2.59. The number of methoxy groups -OCH3 is 1. The van der Waals surface area contributed by atoms with Crippen LogP contribution in [0.15, 0.2) is 18.2 Å². The summed E-state index contributed by atoms with van der Waals surface area (Å²) in [7, 11) is 1.63. The zero-order valence-electron chi connectivity index (χ0n) is 11.8. The summed E-state index contributed by atoms with van der Waals surface area (Å²) in [6.45, 7) is 5.03. The number of hydrogen-bond donors (Lipinski definition) is 2. The molecule has 19 heavy (non-hydrogen) atoms. The lowest BCUT2D eigenvalue weighted by atomic mass is 10.0. The highest BCUT2D eigenvalue weighted by Crippen LogP contribution is 2.29. The van der Waals surface area contributed by atoms with Crippen LogP contribution in [0.5, 0.6) is 11.5 Å². The third-order valence-corrected chi connectivity index (χ3v) is 3.74. The van der Waals surface area contributed by atoms with E-state index in [0.717, 1.165) is 30.8 Å². The largest absolute Gasteiger partial charge is 0.508 e. The summed E-state index contributed by atoms with van der Waals surface area (Å²) in [5, 5.41) is 13.4. The molecule has 0 radical (unpaired) electrons. The van der Waals surface area contributed by atoms with E-state index in [0.29, 0.717) is 5.75 Å². The first-order valence-corrected chi connectivity index (χ1v) is 6.86. The summed E-state index contributed by atoms with van der Waals surface area (Å²) in [6.07, 6.45) is 2.51. The van der Waals surface area contributed by atoms with Gasteiger partial charge in [-0.25, -0.2) is 0 Å². The minimum atomic E-state index is 0.0503. The van der Waals surface area contributed by atoms with E-state index in [-0.39, 0.29) is 18.2 Å². The van der Waals surface area contributed by atoms with Crippen LogP contribution in [0.2, 0.25) is 0 Å². The van der Waals surface area contributed by atoms with E-state index in [4.69, 9.17) is 9.47 Å². The van der Waals surface area contributed by atoms with Crippen molar-refractivity contribution < 1.29 is 14.6 Å². The topological polar surface area (TPSA) is 50.7 Å². The zero-order valence-corrected chi connectivity index (χ0v) is 11.8. The van der Waals surface area contributed by atoms with Crippen molar-refractivity contribution in [2.75, 3.05) is 13.7 Å².